The van der Waals surface area contributed by atoms with Gasteiger partial charge in [-0.2, -0.15) is 0 Å². The molecule has 1 aliphatic rings. The van der Waals surface area contributed by atoms with Gasteiger partial charge in [-0.25, -0.2) is 4.98 Å². The third-order valence-corrected chi connectivity index (χ3v) is 6.15. The van der Waals surface area contributed by atoms with Crippen LogP contribution in [0.15, 0.2) is 64.6 Å². The zero-order valence-corrected chi connectivity index (χ0v) is 16.1. The lowest BCUT2D eigenvalue weighted by atomic mass is 9.73. The largest absolute Gasteiger partial charge is 0.301 e. The van der Waals surface area contributed by atoms with E-state index in [1.165, 1.54) is 22.5 Å². The maximum atomic E-state index is 13.2. The van der Waals surface area contributed by atoms with Crippen LogP contribution < -0.4 is 5.32 Å². The topological polar surface area (TPSA) is 42.0 Å². The third-order valence-electron chi connectivity index (χ3n) is 4.94. The molecule has 1 heterocycles. The highest BCUT2D eigenvalue weighted by Gasteiger charge is 2.48. The number of aromatic nitrogens is 1. The zero-order chi connectivity index (χ0) is 17.4. The molecule has 0 spiro atoms. The first-order chi connectivity index (χ1) is 12.1. The fraction of sp³-hybridized carbons (Fsp3) is 0.200. The van der Waals surface area contributed by atoms with Gasteiger partial charge in [0.1, 0.15) is 0 Å². The summed E-state index contributed by atoms with van der Waals surface area (Å²) in [5.74, 6) is 0.0448. The van der Waals surface area contributed by atoms with Crippen LogP contribution in [0.3, 0.4) is 0 Å². The number of nitrogens with one attached hydrogen (secondary N) is 1. The Morgan fingerprint density at radius 2 is 2.00 bits per heavy atom. The number of fused-ring (bicyclic) bond motifs is 1. The molecule has 1 aromatic heterocycles. The van der Waals surface area contributed by atoms with Crippen LogP contribution in [-0.2, 0) is 11.2 Å². The summed E-state index contributed by atoms with van der Waals surface area (Å²) >= 11 is 4.94. The number of hydrogen-bond acceptors (Lipinski definition) is 3. The van der Waals surface area contributed by atoms with Gasteiger partial charge < -0.3 is 5.32 Å². The summed E-state index contributed by atoms with van der Waals surface area (Å²) in [5.41, 5.74) is 3.09. The number of rotatable bonds is 3. The molecular weight excluding hydrogens is 396 g/mol. The lowest BCUT2D eigenvalue weighted by Crippen LogP contribution is -2.37. The molecule has 5 heteroatoms. The molecule has 1 aliphatic carbocycles. The molecule has 3 nitrogen and oxygen atoms in total. The number of nitrogens with zero attached hydrogens (tertiary/aromatic N) is 1. The lowest BCUT2D eigenvalue weighted by molar-refractivity contribution is -0.125. The zero-order valence-electron chi connectivity index (χ0n) is 13.7. The standard InChI is InChI=1S/C20H17BrN2OS/c1-20(18(24)23-19-22-10-11-25-19)12-14-4-2-3-5-16(14)17(20)13-6-8-15(21)9-7-13/h2-11,17H,12H2,1H3,(H,22,23,24)/t17-,20+/m1/s1. The van der Waals surface area contributed by atoms with Crippen molar-refractivity contribution in [2.45, 2.75) is 19.3 Å². The van der Waals surface area contributed by atoms with Gasteiger partial charge in [-0.1, -0.05) is 52.3 Å². The van der Waals surface area contributed by atoms with Gasteiger partial charge in [-0.15, -0.1) is 11.3 Å². The van der Waals surface area contributed by atoms with Gasteiger partial charge in [0.05, 0.1) is 5.41 Å². The maximum Gasteiger partial charge on any atom is 0.233 e. The molecule has 3 aromatic rings. The molecule has 0 bridgehead atoms. The molecule has 0 aliphatic heterocycles. The average Bonchev–Trinajstić information content (AvgIpc) is 3.21. The highest BCUT2D eigenvalue weighted by Crippen LogP contribution is 2.51. The van der Waals surface area contributed by atoms with Gasteiger partial charge in [-0.05, 0) is 42.2 Å². The first-order valence-corrected chi connectivity index (χ1v) is 9.79. The van der Waals surface area contributed by atoms with Gasteiger partial charge in [-0.3, -0.25) is 4.79 Å². The van der Waals surface area contributed by atoms with E-state index in [1.54, 1.807) is 6.20 Å². The Bertz CT molecular complexity index is 908. The van der Waals surface area contributed by atoms with Crippen molar-refractivity contribution < 1.29 is 4.79 Å². The maximum absolute atomic E-state index is 13.2. The number of halogens is 1. The van der Waals surface area contributed by atoms with Crippen LogP contribution in [-0.4, -0.2) is 10.9 Å². The predicted octanol–water partition coefficient (Wildman–Crippen LogP) is 5.24. The number of amides is 1. The number of carbonyl (C=O) groups excluding carboxylic acids is 1. The summed E-state index contributed by atoms with van der Waals surface area (Å²) in [6.45, 7) is 2.06. The monoisotopic (exact) mass is 412 g/mol. The molecule has 0 unspecified atom stereocenters. The van der Waals surface area contributed by atoms with Crippen LogP contribution >= 0.6 is 27.3 Å². The van der Waals surface area contributed by atoms with Crippen LogP contribution in [0.4, 0.5) is 5.13 Å². The first kappa shape index (κ1) is 16.5. The Kier molecular flexibility index (Phi) is 4.21. The summed E-state index contributed by atoms with van der Waals surface area (Å²) in [5, 5.41) is 5.53. The Balaban J connectivity index is 1.77. The highest BCUT2D eigenvalue weighted by atomic mass is 79.9. The summed E-state index contributed by atoms with van der Waals surface area (Å²) in [4.78, 5) is 17.4. The highest BCUT2D eigenvalue weighted by molar-refractivity contribution is 9.10. The van der Waals surface area contributed by atoms with Crippen LogP contribution in [0.1, 0.15) is 29.5 Å². The minimum atomic E-state index is -0.552. The fourth-order valence-corrected chi connectivity index (χ4v) is 4.55. The fourth-order valence-electron chi connectivity index (χ4n) is 3.76. The van der Waals surface area contributed by atoms with E-state index < -0.39 is 5.41 Å². The molecular formula is C20H17BrN2OS. The Hall–Kier alpha value is -1.98. The number of anilines is 1. The van der Waals surface area contributed by atoms with Gasteiger partial charge >= 0.3 is 0 Å². The SMILES string of the molecule is C[C@]1(C(=O)Nc2nccs2)Cc2ccccc2[C@H]1c1ccc(Br)cc1. The second-order valence-electron chi connectivity index (χ2n) is 6.57. The van der Waals surface area contributed by atoms with E-state index >= 15 is 0 Å². The van der Waals surface area contributed by atoms with E-state index in [9.17, 15) is 4.79 Å². The molecule has 126 valence electrons. The van der Waals surface area contributed by atoms with Gasteiger partial charge in [0, 0.05) is 22.0 Å². The van der Waals surface area contributed by atoms with Gasteiger partial charge in [0.2, 0.25) is 5.91 Å². The molecule has 4 rings (SSSR count). The quantitative estimate of drug-likeness (QED) is 0.638. The van der Waals surface area contributed by atoms with Crippen LogP contribution in [0.5, 0.6) is 0 Å². The molecule has 25 heavy (non-hydrogen) atoms. The van der Waals surface area contributed by atoms with Crippen molar-refractivity contribution >= 4 is 38.3 Å². The summed E-state index contributed by atoms with van der Waals surface area (Å²) < 4.78 is 1.04. The van der Waals surface area contributed by atoms with E-state index in [0.29, 0.717) is 5.13 Å². The summed E-state index contributed by atoms with van der Waals surface area (Å²) in [7, 11) is 0. The minimum absolute atomic E-state index is 0.0200. The van der Waals surface area contributed by atoms with Crippen molar-refractivity contribution in [3.05, 3.63) is 81.3 Å². The van der Waals surface area contributed by atoms with E-state index in [-0.39, 0.29) is 11.8 Å². The molecule has 2 atom stereocenters. The van der Waals surface area contributed by atoms with Crippen LogP contribution in [0.2, 0.25) is 0 Å². The molecule has 0 saturated carbocycles. The minimum Gasteiger partial charge on any atom is -0.301 e. The lowest BCUT2D eigenvalue weighted by Gasteiger charge is -2.31. The van der Waals surface area contributed by atoms with E-state index in [2.05, 4.69) is 63.5 Å². The Morgan fingerprint density at radius 3 is 2.72 bits per heavy atom. The second kappa shape index (κ2) is 6.39. The molecule has 1 N–H and O–H groups in total. The van der Waals surface area contributed by atoms with Gasteiger partial charge in [0.15, 0.2) is 5.13 Å². The van der Waals surface area contributed by atoms with Crippen LogP contribution in [0.25, 0.3) is 0 Å². The van der Waals surface area contributed by atoms with E-state index in [0.717, 1.165) is 16.5 Å². The molecule has 2 aromatic carbocycles. The number of benzene rings is 2. The third kappa shape index (κ3) is 2.92. The average molecular weight is 413 g/mol. The van der Waals surface area contributed by atoms with E-state index in [4.69, 9.17) is 0 Å². The van der Waals surface area contributed by atoms with Crippen molar-refractivity contribution in [1.82, 2.24) is 4.98 Å². The van der Waals surface area contributed by atoms with Gasteiger partial charge in [0.25, 0.3) is 0 Å². The number of carbonyl (C=O) groups is 1. The molecule has 0 radical (unpaired) electrons. The predicted molar refractivity (Wildman–Crippen MR) is 105 cm³/mol. The summed E-state index contributed by atoms with van der Waals surface area (Å²) in [6.07, 6.45) is 2.43. The number of hydrogen-bond donors (Lipinski definition) is 1. The van der Waals surface area contributed by atoms with Crippen LogP contribution in [0, 0.1) is 5.41 Å². The van der Waals surface area contributed by atoms with Crippen molar-refractivity contribution in [2.24, 2.45) is 5.41 Å². The van der Waals surface area contributed by atoms with Crippen molar-refractivity contribution in [3.63, 3.8) is 0 Å². The summed E-state index contributed by atoms with van der Waals surface area (Å²) in [6, 6.07) is 16.6. The van der Waals surface area contributed by atoms with Crippen molar-refractivity contribution in [3.8, 4) is 0 Å². The van der Waals surface area contributed by atoms with E-state index in [1.807, 2.05) is 23.6 Å². The smallest absolute Gasteiger partial charge is 0.233 e. The van der Waals surface area contributed by atoms with Crippen molar-refractivity contribution in [1.29, 1.82) is 0 Å². The normalized spacial score (nSPS) is 21.8. The molecule has 0 saturated heterocycles. The Morgan fingerprint density at radius 1 is 1.24 bits per heavy atom. The first-order valence-electron chi connectivity index (χ1n) is 8.12. The molecule has 0 fully saturated rings. The molecule has 1 amide bonds. The van der Waals surface area contributed by atoms with Crippen molar-refractivity contribution in [2.75, 3.05) is 5.32 Å². The Labute approximate surface area is 159 Å². The number of thiazole rings is 1. The second-order valence-corrected chi connectivity index (χ2v) is 8.38.